The van der Waals surface area contributed by atoms with Gasteiger partial charge in [-0.25, -0.2) is 4.57 Å². The van der Waals surface area contributed by atoms with Crippen LogP contribution in [0.15, 0.2) is 54.6 Å². The average molecular weight is 305 g/mol. The Bertz CT molecular complexity index is 674. The summed E-state index contributed by atoms with van der Waals surface area (Å²) in [4.78, 5) is 10.0. The standard InChI is InChI=1S/C14H16N3O3P/c15-13(16)10-6-8-11(9-7-10)14(17)21(18,19)20-12-4-2-1-3-5-12/h1-9,14H,17H2,(H3,15,16)(H,18,19). The third-order valence-electron chi connectivity index (χ3n) is 2.89. The second-order valence-corrected chi connectivity index (χ2v) is 6.32. The Kier molecular flexibility index (Phi) is 4.43. The normalized spacial score (nSPS) is 15.0. The van der Waals surface area contributed by atoms with Crippen molar-refractivity contribution in [1.29, 1.82) is 5.41 Å². The Morgan fingerprint density at radius 1 is 1.14 bits per heavy atom. The lowest BCUT2D eigenvalue weighted by molar-refractivity contribution is 0.366. The van der Waals surface area contributed by atoms with Gasteiger partial charge in [-0.1, -0.05) is 42.5 Å². The van der Waals surface area contributed by atoms with Crippen LogP contribution in [-0.2, 0) is 4.57 Å². The highest BCUT2D eigenvalue weighted by molar-refractivity contribution is 7.53. The first kappa shape index (κ1) is 15.3. The highest BCUT2D eigenvalue weighted by Crippen LogP contribution is 2.53. The second kappa shape index (κ2) is 6.10. The van der Waals surface area contributed by atoms with E-state index >= 15 is 0 Å². The molecule has 0 spiro atoms. The molecule has 21 heavy (non-hydrogen) atoms. The summed E-state index contributed by atoms with van der Waals surface area (Å²) in [7, 11) is -4.07. The molecule has 0 aliphatic rings. The van der Waals surface area contributed by atoms with Gasteiger partial charge in [0, 0.05) is 5.56 Å². The van der Waals surface area contributed by atoms with Gasteiger partial charge in [0.05, 0.1) is 0 Å². The summed E-state index contributed by atoms with van der Waals surface area (Å²) < 4.78 is 17.4. The average Bonchev–Trinajstić information content (AvgIpc) is 2.47. The first-order chi connectivity index (χ1) is 9.90. The number of nitrogens with two attached hydrogens (primary N) is 2. The summed E-state index contributed by atoms with van der Waals surface area (Å²) in [6, 6.07) is 14.6. The Labute approximate surface area is 122 Å². The SMILES string of the molecule is N=C(N)c1ccc(C(N)P(=O)(O)Oc2ccccc2)cc1. The van der Waals surface area contributed by atoms with Crippen LogP contribution in [0.5, 0.6) is 5.75 Å². The van der Waals surface area contributed by atoms with E-state index in [9.17, 15) is 9.46 Å². The van der Waals surface area contributed by atoms with Crippen LogP contribution in [0.2, 0.25) is 0 Å². The number of benzene rings is 2. The van der Waals surface area contributed by atoms with Crippen molar-refractivity contribution in [3.8, 4) is 5.75 Å². The molecule has 110 valence electrons. The van der Waals surface area contributed by atoms with Gasteiger partial charge in [-0.3, -0.25) is 5.41 Å². The van der Waals surface area contributed by atoms with Gasteiger partial charge in [-0.05, 0) is 17.7 Å². The predicted octanol–water partition coefficient (Wildman–Crippen LogP) is 2.19. The van der Waals surface area contributed by atoms with Crippen LogP contribution >= 0.6 is 7.60 Å². The fourth-order valence-corrected chi connectivity index (χ4v) is 2.82. The van der Waals surface area contributed by atoms with Crippen molar-refractivity contribution < 1.29 is 14.0 Å². The lowest BCUT2D eigenvalue weighted by atomic mass is 10.1. The van der Waals surface area contributed by atoms with Crippen molar-refractivity contribution in [3.05, 3.63) is 65.7 Å². The first-order valence-corrected chi connectivity index (χ1v) is 7.82. The number of para-hydroxylation sites is 1. The Morgan fingerprint density at radius 3 is 2.24 bits per heavy atom. The molecule has 0 aliphatic heterocycles. The van der Waals surface area contributed by atoms with Gasteiger partial charge in [0.1, 0.15) is 17.4 Å². The zero-order valence-corrected chi connectivity index (χ0v) is 12.0. The maximum Gasteiger partial charge on any atom is 0.397 e. The van der Waals surface area contributed by atoms with Gasteiger partial charge < -0.3 is 20.9 Å². The van der Waals surface area contributed by atoms with E-state index in [4.69, 9.17) is 21.4 Å². The maximum absolute atomic E-state index is 12.2. The van der Waals surface area contributed by atoms with Gasteiger partial charge >= 0.3 is 7.60 Å². The van der Waals surface area contributed by atoms with Gasteiger partial charge in [-0.15, -0.1) is 0 Å². The molecule has 2 unspecified atom stereocenters. The van der Waals surface area contributed by atoms with Crippen LogP contribution in [0.1, 0.15) is 16.9 Å². The van der Waals surface area contributed by atoms with Crippen molar-refractivity contribution >= 4 is 13.4 Å². The summed E-state index contributed by atoms with van der Waals surface area (Å²) in [5.74, 6) is -0.985. The van der Waals surface area contributed by atoms with E-state index in [1.165, 1.54) is 0 Å². The van der Waals surface area contributed by atoms with Crippen LogP contribution < -0.4 is 16.0 Å². The maximum atomic E-state index is 12.2. The molecule has 2 atom stereocenters. The number of nitrogens with one attached hydrogen (secondary N) is 1. The Hall–Kier alpha value is -2.14. The molecule has 0 heterocycles. The van der Waals surface area contributed by atoms with Crippen LogP contribution in [0.25, 0.3) is 0 Å². The van der Waals surface area contributed by atoms with Crippen LogP contribution in [0.4, 0.5) is 0 Å². The smallest absolute Gasteiger partial charge is 0.397 e. The zero-order valence-electron chi connectivity index (χ0n) is 11.1. The highest BCUT2D eigenvalue weighted by Gasteiger charge is 2.32. The molecule has 0 saturated carbocycles. The molecule has 6 N–H and O–H groups in total. The minimum absolute atomic E-state index is 0.0807. The molecule has 6 nitrogen and oxygen atoms in total. The molecule has 0 fully saturated rings. The Morgan fingerprint density at radius 2 is 1.71 bits per heavy atom. The molecule has 2 aromatic carbocycles. The summed E-state index contributed by atoms with van der Waals surface area (Å²) >= 11 is 0. The summed E-state index contributed by atoms with van der Waals surface area (Å²) in [6.45, 7) is 0. The number of nitrogen functional groups attached to an aromatic ring is 1. The molecular formula is C14H16N3O3P. The fourth-order valence-electron chi connectivity index (χ4n) is 1.74. The number of amidine groups is 1. The fraction of sp³-hybridized carbons (Fsp3) is 0.0714. The molecule has 0 radical (unpaired) electrons. The highest BCUT2D eigenvalue weighted by atomic mass is 31.2. The second-order valence-electron chi connectivity index (χ2n) is 4.45. The lowest BCUT2D eigenvalue weighted by Crippen LogP contribution is -2.15. The molecular weight excluding hydrogens is 289 g/mol. The minimum Gasteiger partial charge on any atom is -0.423 e. The molecule has 7 heteroatoms. The minimum atomic E-state index is -4.07. The van der Waals surface area contributed by atoms with E-state index in [-0.39, 0.29) is 11.6 Å². The van der Waals surface area contributed by atoms with Crippen molar-refractivity contribution in [1.82, 2.24) is 0 Å². The third kappa shape index (κ3) is 3.70. The van der Waals surface area contributed by atoms with Crippen molar-refractivity contribution in [2.45, 2.75) is 5.78 Å². The van der Waals surface area contributed by atoms with Crippen LogP contribution in [0, 0.1) is 5.41 Å². The van der Waals surface area contributed by atoms with Gasteiger partial charge in [0.25, 0.3) is 0 Å². The van der Waals surface area contributed by atoms with Crippen LogP contribution in [-0.4, -0.2) is 10.7 Å². The molecule has 2 rings (SSSR count). The van der Waals surface area contributed by atoms with E-state index in [0.717, 1.165) is 0 Å². The predicted molar refractivity (Wildman–Crippen MR) is 81.3 cm³/mol. The third-order valence-corrected chi connectivity index (χ3v) is 4.37. The Balaban J connectivity index is 2.19. The molecule has 0 saturated heterocycles. The summed E-state index contributed by atoms with van der Waals surface area (Å²) in [5.41, 5.74) is 12.1. The summed E-state index contributed by atoms with van der Waals surface area (Å²) in [5, 5.41) is 7.30. The molecule has 0 aliphatic carbocycles. The number of hydrogen-bond acceptors (Lipinski definition) is 4. The van der Waals surface area contributed by atoms with E-state index in [1.807, 2.05) is 0 Å². The quantitative estimate of drug-likeness (QED) is 0.383. The zero-order chi connectivity index (χ0) is 15.5. The largest absolute Gasteiger partial charge is 0.423 e. The lowest BCUT2D eigenvalue weighted by Gasteiger charge is -2.20. The van der Waals surface area contributed by atoms with E-state index in [2.05, 4.69) is 0 Å². The topological polar surface area (TPSA) is 122 Å². The van der Waals surface area contributed by atoms with Gasteiger partial charge in [0.2, 0.25) is 0 Å². The first-order valence-electron chi connectivity index (χ1n) is 6.17. The number of rotatable bonds is 5. The van der Waals surface area contributed by atoms with E-state index < -0.39 is 13.4 Å². The monoisotopic (exact) mass is 305 g/mol. The van der Waals surface area contributed by atoms with Crippen molar-refractivity contribution in [2.75, 3.05) is 0 Å². The van der Waals surface area contributed by atoms with Gasteiger partial charge in [0.15, 0.2) is 0 Å². The number of hydrogen-bond donors (Lipinski definition) is 4. The summed E-state index contributed by atoms with van der Waals surface area (Å²) in [6.07, 6.45) is 0. The van der Waals surface area contributed by atoms with Gasteiger partial charge in [-0.2, -0.15) is 0 Å². The molecule has 0 amide bonds. The molecule has 2 aromatic rings. The van der Waals surface area contributed by atoms with Crippen LogP contribution in [0.3, 0.4) is 0 Å². The van der Waals surface area contributed by atoms with Crippen molar-refractivity contribution in [2.24, 2.45) is 11.5 Å². The molecule has 0 aromatic heterocycles. The van der Waals surface area contributed by atoms with E-state index in [1.54, 1.807) is 54.6 Å². The van der Waals surface area contributed by atoms with Crippen molar-refractivity contribution in [3.63, 3.8) is 0 Å². The molecule has 0 bridgehead atoms. The van der Waals surface area contributed by atoms with E-state index in [0.29, 0.717) is 11.1 Å².